The van der Waals surface area contributed by atoms with E-state index in [1.54, 1.807) is 13.0 Å². The van der Waals surface area contributed by atoms with E-state index in [0.29, 0.717) is 11.3 Å². The number of rotatable bonds is 6. The normalized spacial score (nSPS) is 18.5. The van der Waals surface area contributed by atoms with Crippen LogP contribution >= 0.6 is 0 Å². The Balaban J connectivity index is 1.28. The molecule has 4 aromatic rings. The van der Waals surface area contributed by atoms with Crippen molar-refractivity contribution in [2.45, 2.75) is 37.9 Å². The molecule has 2 aromatic carbocycles. The largest absolute Gasteiger partial charge is 0.470 e. The molecule has 0 saturated carbocycles. The summed E-state index contributed by atoms with van der Waals surface area (Å²) >= 11 is 0. The van der Waals surface area contributed by atoms with E-state index in [2.05, 4.69) is 10.1 Å². The number of hydrogen-bond acceptors (Lipinski definition) is 5. The summed E-state index contributed by atoms with van der Waals surface area (Å²) in [6.07, 6.45) is -4.61. The zero-order valence-electron chi connectivity index (χ0n) is 20.4. The zero-order chi connectivity index (χ0) is 26.9. The van der Waals surface area contributed by atoms with Crippen LogP contribution in [0.2, 0.25) is 0 Å². The highest BCUT2D eigenvalue weighted by molar-refractivity contribution is 5.68. The number of alkyl halides is 4. The molecule has 1 fully saturated rings. The minimum atomic E-state index is -4.49. The maximum absolute atomic E-state index is 15.8. The minimum Gasteiger partial charge on any atom is -0.470 e. The fourth-order valence-electron chi connectivity index (χ4n) is 4.35. The van der Waals surface area contributed by atoms with Crippen LogP contribution in [0, 0.1) is 0 Å². The van der Waals surface area contributed by atoms with Gasteiger partial charge in [0.1, 0.15) is 12.7 Å². The molecule has 2 atom stereocenters. The molecule has 2 unspecified atom stereocenters. The van der Waals surface area contributed by atoms with E-state index in [0.717, 1.165) is 17.7 Å². The van der Waals surface area contributed by atoms with Crippen LogP contribution in [0.4, 0.5) is 22.4 Å². The first-order chi connectivity index (χ1) is 18.1. The van der Waals surface area contributed by atoms with Gasteiger partial charge < -0.3 is 14.4 Å². The highest BCUT2D eigenvalue weighted by Gasteiger charge is 2.46. The second-order valence-electron chi connectivity index (χ2n) is 9.17. The molecule has 198 valence electrons. The summed E-state index contributed by atoms with van der Waals surface area (Å²) in [5, 5.41) is 4.34. The second kappa shape index (κ2) is 9.96. The molecular weight excluding hydrogens is 504 g/mol. The van der Waals surface area contributed by atoms with E-state index in [1.807, 2.05) is 30.3 Å². The van der Waals surface area contributed by atoms with E-state index in [4.69, 9.17) is 9.47 Å². The summed E-state index contributed by atoms with van der Waals surface area (Å²) in [7, 11) is 0. The van der Waals surface area contributed by atoms with Crippen molar-refractivity contribution in [3.8, 4) is 17.1 Å². The first kappa shape index (κ1) is 25.5. The maximum atomic E-state index is 15.8. The fourth-order valence-corrected chi connectivity index (χ4v) is 4.35. The quantitative estimate of drug-likeness (QED) is 0.290. The average Bonchev–Trinajstić information content (AvgIpc) is 3.52. The van der Waals surface area contributed by atoms with Gasteiger partial charge in [-0.05, 0) is 30.7 Å². The van der Waals surface area contributed by atoms with Crippen molar-refractivity contribution in [1.82, 2.24) is 19.5 Å². The van der Waals surface area contributed by atoms with Crippen molar-refractivity contribution in [1.29, 1.82) is 0 Å². The zero-order valence-corrected chi connectivity index (χ0v) is 20.4. The SMILES string of the molecule is CC(Oc1ccc2ncc(-c3cccc(C(F)(F)F)c3)n2n1)C1(F)CCN(C(=O)OCc2ccccc2)C1. The minimum absolute atomic E-state index is 0.0530. The molecule has 38 heavy (non-hydrogen) atoms. The molecule has 1 aliphatic heterocycles. The number of nitrogens with zero attached hydrogens (tertiary/aromatic N) is 4. The van der Waals surface area contributed by atoms with Gasteiger partial charge in [0.15, 0.2) is 11.3 Å². The van der Waals surface area contributed by atoms with Gasteiger partial charge in [-0.15, -0.1) is 5.10 Å². The van der Waals surface area contributed by atoms with E-state index in [9.17, 15) is 18.0 Å². The lowest BCUT2D eigenvalue weighted by molar-refractivity contribution is -0.137. The summed E-state index contributed by atoms with van der Waals surface area (Å²) in [4.78, 5) is 18.0. The topological polar surface area (TPSA) is 69.0 Å². The third-order valence-electron chi connectivity index (χ3n) is 6.56. The lowest BCUT2D eigenvalue weighted by Gasteiger charge is -2.27. The van der Waals surface area contributed by atoms with Gasteiger partial charge in [-0.2, -0.15) is 13.2 Å². The molecule has 7 nitrogen and oxygen atoms in total. The van der Waals surface area contributed by atoms with Crippen LogP contribution in [-0.2, 0) is 17.5 Å². The van der Waals surface area contributed by atoms with Crippen LogP contribution in [0.25, 0.3) is 16.9 Å². The Bertz CT molecular complexity index is 1440. The van der Waals surface area contributed by atoms with Crippen LogP contribution < -0.4 is 4.74 Å². The molecule has 0 N–H and O–H groups in total. The number of ether oxygens (including phenoxy) is 2. The lowest BCUT2D eigenvalue weighted by atomic mass is 9.99. The number of imidazole rings is 1. The lowest BCUT2D eigenvalue weighted by Crippen LogP contribution is -2.43. The molecule has 5 rings (SSSR count). The van der Waals surface area contributed by atoms with E-state index >= 15 is 4.39 Å². The van der Waals surface area contributed by atoms with Crippen molar-refractivity contribution in [3.05, 3.63) is 84.1 Å². The summed E-state index contributed by atoms with van der Waals surface area (Å²) in [5.74, 6) is 0.0679. The molecule has 0 radical (unpaired) electrons. The van der Waals surface area contributed by atoms with Crippen LogP contribution in [0.1, 0.15) is 24.5 Å². The van der Waals surface area contributed by atoms with Crippen LogP contribution in [-0.4, -0.2) is 50.5 Å². The number of fused-ring (bicyclic) bond motifs is 1. The summed E-state index contributed by atoms with van der Waals surface area (Å²) in [6.45, 7) is 1.60. The van der Waals surface area contributed by atoms with Crippen LogP contribution in [0.5, 0.6) is 5.88 Å². The number of benzene rings is 2. The van der Waals surface area contributed by atoms with Crippen molar-refractivity contribution < 1.29 is 31.8 Å². The molecule has 11 heteroatoms. The summed E-state index contributed by atoms with van der Waals surface area (Å²) in [5.41, 5.74) is -0.825. The smallest absolute Gasteiger partial charge is 0.416 e. The van der Waals surface area contributed by atoms with Gasteiger partial charge in [-0.1, -0.05) is 42.5 Å². The number of halogens is 4. The van der Waals surface area contributed by atoms with Crippen LogP contribution in [0.3, 0.4) is 0 Å². The van der Waals surface area contributed by atoms with E-state index in [1.165, 1.54) is 33.8 Å². The number of carbonyl (C=O) groups excluding carboxylic acids is 1. The fraction of sp³-hybridized carbons (Fsp3) is 0.296. The maximum Gasteiger partial charge on any atom is 0.416 e. The Morgan fingerprint density at radius 2 is 1.89 bits per heavy atom. The molecule has 0 aliphatic carbocycles. The van der Waals surface area contributed by atoms with Gasteiger partial charge in [-0.3, -0.25) is 0 Å². The van der Waals surface area contributed by atoms with Crippen molar-refractivity contribution in [2.24, 2.45) is 0 Å². The number of amides is 1. The van der Waals surface area contributed by atoms with Gasteiger partial charge >= 0.3 is 12.3 Å². The average molecular weight is 529 g/mol. The van der Waals surface area contributed by atoms with Gasteiger partial charge in [-0.25, -0.2) is 18.7 Å². The summed E-state index contributed by atoms with van der Waals surface area (Å²) in [6, 6.07) is 17.1. The first-order valence-corrected chi connectivity index (χ1v) is 12.0. The Kier molecular flexibility index (Phi) is 6.68. The molecule has 0 bridgehead atoms. The third-order valence-corrected chi connectivity index (χ3v) is 6.56. The third kappa shape index (κ3) is 5.27. The van der Waals surface area contributed by atoms with Gasteiger partial charge in [0.2, 0.25) is 5.88 Å². The Hall–Kier alpha value is -4.15. The number of hydrogen-bond donors (Lipinski definition) is 0. The number of carbonyl (C=O) groups is 1. The summed E-state index contributed by atoms with van der Waals surface area (Å²) < 4.78 is 67.8. The van der Waals surface area contributed by atoms with E-state index < -0.39 is 29.6 Å². The molecule has 1 saturated heterocycles. The van der Waals surface area contributed by atoms with Crippen molar-refractivity contribution >= 4 is 11.7 Å². The molecule has 1 amide bonds. The Morgan fingerprint density at radius 1 is 1.11 bits per heavy atom. The van der Waals surface area contributed by atoms with Crippen LogP contribution in [0.15, 0.2) is 72.9 Å². The van der Waals surface area contributed by atoms with Crippen molar-refractivity contribution in [3.63, 3.8) is 0 Å². The molecule has 2 aromatic heterocycles. The molecule has 1 aliphatic rings. The Morgan fingerprint density at radius 3 is 2.66 bits per heavy atom. The first-order valence-electron chi connectivity index (χ1n) is 12.0. The molecule has 3 heterocycles. The van der Waals surface area contributed by atoms with Crippen molar-refractivity contribution in [2.75, 3.05) is 13.1 Å². The molecule has 0 spiro atoms. The van der Waals surface area contributed by atoms with E-state index in [-0.39, 0.29) is 37.6 Å². The predicted octanol–water partition coefficient (Wildman–Crippen LogP) is 5.93. The second-order valence-corrected chi connectivity index (χ2v) is 9.17. The number of aromatic nitrogens is 3. The predicted molar refractivity (Wildman–Crippen MR) is 130 cm³/mol. The number of likely N-dealkylation sites (tertiary alicyclic amines) is 1. The van der Waals surface area contributed by atoms with Gasteiger partial charge in [0.25, 0.3) is 0 Å². The molecular formula is C27H24F4N4O3. The highest BCUT2D eigenvalue weighted by Crippen LogP contribution is 2.34. The highest BCUT2D eigenvalue weighted by atomic mass is 19.4. The standard InChI is InChI=1S/C27H24F4N4O3/c1-18(26(28)12-13-34(17-26)25(36)37-16-19-6-3-2-4-7-19)38-24-11-10-23-32-15-22(35(23)33-24)20-8-5-9-21(14-20)27(29,30)31/h2-11,14-15,18H,12-13,16-17H2,1H3. The Labute approximate surface area is 215 Å². The van der Waals surface area contributed by atoms with Gasteiger partial charge in [0, 0.05) is 24.6 Å². The van der Waals surface area contributed by atoms with Gasteiger partial charge in [0.05, 0.1) is 24.0 Å². The monoisotopic (exact) mass is 528 g/mol.